The molecule has 7 nitrogen and oxygen atoms in total. The first-order valence-corrected chi connectivity index (χ1v) is 9.89. The van der Waals surface area contributed by atoms with Crippen LogP contribution in [0.15, 0.2) is 26.9 Å². The summed E-state index contributed by atoms with van der Waals surface area (Å²) in [6.07, 6.45) is 0. The molecule has 0 aromatic carbocycles. The number of carbonyl (C=O) groups excluding carboxylic acids is 1. The van der Waals surface area contributed by atoms with Gasteiger partial charge in [0.05, 0.1) is 12.6 Å². The van der Waals surface area contributed by atoms with Gasteiger partial charge in [-0.05, 0) is 39.1 Å². The average Bonchev–Trinajstić information content (AvgIpc) is 3.13. The predicted molar refractivity (Wildman–Crippen MR) is 91.2 cm³/mol. The Labute approximate surface area is 145 Å². The van der Waals surface area contributed by atoms with Gasteiger partial charge in [-0.1, -0.05) is 11.2 Å². The maximum Gasteiger partial charge on any atom is 0.246 e. The highest BCUT2D eigenvalue weighted by Gasteiger charge is 2.29. The SMILES string of the molecule is CCN(Cc1cccs1)C(=O)[C@H](C)NS(=O)(=O)c1c(C)noc1C. The molecule has 1 amide bonds. The van der Waals surface area contributed by atoms with Crippen LogP contribution >= 0.6 is 11.3 Å². The van der Waals surface area contributed by atoms with Crippen LogP contribution in [0.4, 0.5) is 0 Å². The first-order chi connectivity index (χ1) is 11.3. The molecule has 2 aromatic rings. The molecule has 2 aromatic heterocycles. The molecule has 0 saturated carbocycles. The van der Waals surface area contributed by atoms with Crippen LogP contribution in [0.2, 0.25) is 0 Å². The molecule has 2 heterocycles. The van der Waals surface area contributed by atoms with Gasteiger partial charge < -0.3 is 9.42 Å². The third-order valence-corrected chi connectivity index (χ3v) is 6.20. The molecule has 1 N–H and O–H groups in total. The Kier molecular flexibility index (Phi) is 5.79. The Hall–Kier alpha value is -1.71. The number of sulfonamides is 1. The van der Waals surface area contributed by atoms with Crippen LogP contribution in [-0.2, 0) is 21.4 Å². The zero-order valence-electron chi connectivity index (χ0n) is 14.1. The summed E-state index contributed by atoms with van der Waals surface area (Å²) >= 11 is 1.56. The van der Waals surface area contributed by atoms with Crippen molar-refractivity contribution in [2.24, 2.45) is 0 Å². The molecule has 0 aliphatic heterocycles. The number of nitrogens with zero attached hydrogens (tertiary/aromatic N) is 2. The summed E-state index contributed by atoms with van der Waals surface area (Å²) in [6.45, 7) is 7.43. The number of aromatic nitrogens is 1. The average molecular weight is 371 g/mol. The van der Waals surface area contributed by atoms with E-state index in [1.54, 1.807) is 23.2 Å². The Morgan fingerprint density at radius 1 is 1.46 bits per heavy atom. The minimum Gasteiger partial charge on any atom is -0.360 e. The summed E-state index contributed by atoms with van der Waals surface area (Å²) in [7, 11) is -3.88. The van der Waals surface area contributed by atoms with Gasteiger partial charge in [0.25, 0.3) is 0 Å². The van der Waals surface area contributed by atoms with E-state index in [0.29, 0.717) is 13.1 Å². The molecular formula is C15H21N3O4S2. The summed E-state index contributed by atoms with van der Waals surface area (Å²) in [5.41, 5.74) is 0.269. The quantitative estimate of drug-likeness (QED) is 0.804. The van der Waals surface area contributed by atoms with Crippen molar-refractivity contribution in [3.8, 4) is 0 Å². The van der Waals surface area contributed by atoms with Crippen molar-refractivity contribution in [1.82, 2.24) is 14.8 Å². The number of hydrogen-bond acceptors (Lipinski definition) is 6. The fourth-order valence-corrected chi connectivity index (χ4v) is 4.66. The van der Waals surface area contributed by atoms with Crippen LogP contribution < -0.4 is 4.72 Å². The zero-order valence-corrected chi connectivity index (χ0v) is 15.7. The lowest BCUT2D eigenvalue weighted by molar-refractivity contribution is -0.132. The van der Waals surface area contributed by atoms with E-state index in [1.807, 2.05) is 24.4 Å². The van der Waals surface area contributed by atoms with Gasteiger partial charge in [-0.15, -0.1) is 11.3 Å². The number of nitrogens with one attached hydrogen (secondary N) is 1. The van der Waals surface area contributed by atoms with Gasteiger partial charge in [-0.2, -0.15) is 4.72 Å². The molecule has 0 aliphatic rings. The van der Waals surface area contributed by atoms with Crippen molar-refractivity contribution in [2.45, 2.75) is 45.2 Å². The van der Waals surface area contributed by atoms with Gasteiger partial charge in [-0.3, -0.25) is 4.79 Å². The lowest BCUT2D eigenvalue weighted by Gasteiger charge is -2.24. The van der Waals surface area contributed by atoms with Crippen LogP contribution in [0.1, 0.15) is 30.2 Å². The number of thiophene rings is 1. The highest BCUT2D eigenvalue weighted by molar-refractivity contribution is 7.89. The molecule has 2 rings (SSSR count). The van der Waals surface area contributed by atoms with Crippen molar-refractivity contribution in [3.63, 3.8) is 0 Å². The van der Waals surface area contributed by atoms with Crippen LogP contribution in [-0.4, -0.2) is 37.0 Å². The van der Waals surface area contributed by atoms with Gasteiger partial charge in [0.2, 0.25) is 15.9 Å². The van der Waals surface area contributed by atoms with Crippen molar-refractivity contribution >= 4 is 27.3 Å². The molecule has 0 aliphatic carbocycles. The summed E-state index contributed by atoms with van der Waals surface area (Å²) < 4.78 is 32.3. The van der Waals surface area contributed by atoms with Gasteiger partial charge in [-0.25, -0.2) is 8.42 Å². The number of likely N-dealkylation sites (N-methyl/N-ethyl adjacent to an activating group) is 1. The normalized spacial score (nSPS) is 13.0. The van der Waals surface area contributed by atoms with Crippen molar-refractivity contribution in [1.29, 1.82) is 0 Å². The summed E-state index contributed by atoms with van der Waals surface area (Å²) in [6, 6.07) is 2.98. The lowest BCUT2D eigenvalue weighted by atomic mass is 10.3. The Balaban J connectivity index is 2.12. The summed E-state index contributed by atoms with van der Waals surface area (Å²) in [5, 5.41) is 5.59. The summed E-state index contributed by atoms with van der Waals surface area (Å²) in [4.78, 5) is 15.2. The van der Waals surface area contributed by atoms with Gasteiger partial charge in [0.15, 0.2) is 5.76 Å². The molecular weight excluding hydrogens is 350 g/mol. The number of amides is 1. The van der Waals surface area contributed by atoms with Gasteiger partial charge in [0.1, 0.15) is 10.6 Å². The number of rotatable bonds is 7. The fraction of sp³-hybridized carbons (Fsp3) is 0.467. The highest BCUT2D eigenvalue weighted by Crippen LogP contribution is 2.19. The minimum atomic E-state index is -3.88. The molecule has 0 spiro atoms. The van der Waals surface area contributed by atoms with Gasteiger partial charge >= 0.3 is 0 Å². The van der Waals surface area contributed by atoms with E-state index in [4.69, 9.17) is 4.52 Å². The Bertz CT molecular complexity index is 777. The van der Waals surface area contributed by atoms with Crippen molar-refractivity contribution < 1.29 is 17.7 Å². The number of hydrogen-bond donors (Lipinski definition) is 1. The van der Waals surface area contributed by atoms with E-state index in [1.165, 1.54) is 13.8 Å². The molecule has 9 heteroatoms. The predicted octanol–water partition coefficient (Wildman–Crippen LogP) is 2.07. The molecule has 0 saturated heterocycles. The topological polar surface area (TPSA) is 92.5 Å². The Morgan fingerprint density at radius 3 is 2.67 bits per heavy atom. The summed E-state index contributed by atoms with van der Waals surface area (Å²) in [5.74, 6) is -0.0770. The second-order valence-electron chi connectivity index (χ2n) is 5.43. The maximum absolute atomic E-state index is 12.6. The molecule has 132 valence electrons. The van der Waals surface area contributed by atoms with E-state index in [0.717, 1.165) is 4.88 Å². The van der Waals surface area contributed by atoms with E-state index in [9.17, 15) is 13.2 Å². The molecule has 0 bridgehead atoms. The second-order valence-corrected chi connectivity index (χ2v) is 8.11. The molecule has 0 fully saturated rings. The minimum absolute atomic E-state index is 0.0107. The standard InChI is InChI=1S/C15H21N3O4S2/c1-5-18(9-13-7-6-8-23-13)15(19)11(3)17-24(20,21)14-10(2)16-22-12(14)4/h6-8,11,17H,5,9H2,1-4H3/t11-/m0/s1. The van der Waals surface area contributed by atoms with E-state index in [-0.39, 0.29) is 22.3 Å². The van der Waals surface area contributed by atoms with Gasteiger partial charge in [0, 0.05) is 11.4 Å². The number of carbonyl (C=O) groups is 1. The Morgan fingerprint density at radius 2 is 2.17 bits per heavy atom. The molecule has 0 radical (unpaired) electrons. The number of aryl methyl sites for hydroxylation is 2. The van der Waals surface area contributed by atoms with Crippen LogP contribution in [0.5, 0.6) is 0 Å². The van der Waals surface area contributed by atoms with E-state index >= 15 is 0 Å². The smallest absolute Gasteiger partial charge is 0.246 e. The fourth-order valence-electron chi connectivity index (χ4n) is 2.41. The molecule has 24 heavy (non-hydrogen) atoms. The lowest BCUT2D eigenvalue weighted by Crippen LogP contribution is -2.46. The van der Waals surface area contributed by atoms with E-state index < -0.39 is 16.1 Å². The van der Waals surface area contributed by atoms with Crippen molar-refractivity contribution in [2.75, 3.05) is 6.54 Å². The first kappa shape index (κ1) is 18.6. The third kappa shape index (κ3) is 4.03. The molecule has 0 unspecified atom stereocenters. The second kappa shape index (κ2) is 7.45. The highest BCUT2D eigenvalue weighted by atomic mass is 32.2. The van der Waals surface area contributed by atoms with Crippen LogP contribution in [0.3, 0.4) is 0 Å². The van der Waals surface area contributed by atoms with Crippen molar-refractivity contribution in [3.05, 3.63) is 33.8 Å². The van der Waals surface area contributed by atoms with Crippen LogP contribution in [0, 0.1) is 13.8 Å². The van der Waals surface area contributed by atoms with Crippen LogP contribution in [0.25, 0.3) is 0 Å². The maximum atomic E-state index is 12.6. The van der Waals surface area contributed by atoms with E-state index in [2.05, 4.69) is 9.88 Å². The monoisotopic (exact) mass is 371 g/mol. The molecule has 1 atom stereocenters. The largest absolute Gasteiger partial charge is 0.360 e. The third-order valence-electron chi connectivity index (χ3n) is 3.56. The zero-order chi connectivity index (χ0) is 17.9. The first-order valence-electron chi connectivity index (χ1n) is 7.52.